The molecule has 2 aliphatic heterocycles. The van der Waals surface area contributed by atoms with Crippen LogP contribution in [0.4, 0.5) is 4.79 Å². The summed E-state index contributed by atoms with van der Waals surface area (Å²) in [6, 6.07) is 0. The monoisotopic (exact) mass is 900 g/mol. The SMILES string of the molecule is CNC(=O)O[C@@H](CC(C)C)c1nc([C@H]2OC(=O)/C(C)=C\C/C(C)=C\[C@@H](O)[C@@H](C)\C=C(C)/C=C(C)\C=C/[C@@H](O[C@@H]3O[C@H](CO)[C@@H](O)[C@H](O)[C@H]3O)[C@H](C)[C@H](OC)/C(C)=C\C=C/[C@@H]2C)cs1. The lowest BCUT2D eigenvalue weighted by Gasteiger charge is -2.41. The largest absolute Gasteiger partial charge is 0.452 e. The van der Waals surface area contributed by atoms with E-state index in [4.69, 9.17) is 28.7 Å². The van der Waals surface area contributed by atoms with E-state index in [-0.39, 0.29) is 17.8 Å². The van der Waals surface area contributed by atoms with Crippen LogP contribution in [0, 0.1) is 23.7 Å². The zero-order chi connectivity index (χ0) is 47.1. The van der Waals surface area contributed by atoms with Crippen LogP contribution in [-0.2, 0) is 28.5 Å². The molecular weight excluding hydrogens is 829 g/mol. The van der Waals surface area contributed by atoms with Crippen molar-refractivity contribution in [3.05, 3.63) is 98.6 Å². The van der Waals surface area contributed by atoms with Gasteiger partial charge in [-0.05, 0) is 59.0 Å². The summed E-state index contributed by atoms with van der Waals surface area (Å²) < 4.78 is 30.0. The number of aliphatic hydroxyl groups is 5. The van der Waals surface area contributed by atoms with Crippen LogP contribution < -0.4 is 5.32 Å². The molecule has 0 bridgehead atoms. The van der Waals surface area contributed by atoms with Crippen molar-refractivity contribution in [3.8, 4) is 0 Å². The molecule has 13 atom stereocenters. The Labute approximate surface area is 377 Å². The second-order valence-electron chi connectivity index (χ2n) is 17.3. The Balaban J connectivity index is 2.14. The minimum Gasteiger partial charge on any atom is -0.452 e. The molecule has 15 heteroatoms. The minimum atomic E-state index is -1.62. The number of amides is 1. The molecule has 0 saturated carbocycles. The first-order valence-corrected chi connectivity index (χ1v) is 22.5. The molecule has 3 heterocycles. The lowest BCUT2D eigenvalue weighted by atomic mass is 9.91. The van der Waals surface area contributed by atoms with E-state index in [1.165, 1.54) is 18.4 Å². The number of carbonyl (C=O) groups excluding carboxylic acids is 2. The number of rotatable bonds is 9. The molecule has 0 radical (unpaired) electrons. The fraction of sp³-hybridized carbons (Fsp3) is 0.604. The molecule has 3 rings (SSSR count). The quantitative estimate of drug-likeness (QED) is 0.111. The third-order valence-electron chi connectivity index (χ3n) is 11.1. The molecule has 1 fully saturated rings. The fourth-order valence-corrected chi connectivity index (χ4v) is 8.29. The zero-order valence-corrected chi connectivity index (χ0v) is 39.7. The third kappa shape index (κ3) is 16.0. The number of methoxy groups -OCH3 is 1. The summed E-state index contributed by atoms with van der Waals surface area (Å²) in [4.78, 5) is 30.9. The van der Waals surface area contributed by atoms with Gasteiger partial charge in [-0.15, -0.1) is 11.3 Å². The summed E-state index contributed by atoms with van der Waals surface area (Å²) in [5.74, 6) is -1.37. The van der Waals surface area contributed by atoms with Gasteiger partial charge in [0.25, 0.3) is 0 Å². The van der Waals surface area contributed by atoms with Gasteiger partial charge < -0.3 is 54.5 Å². The molecule has 63 heavy (non-hydrogen) atoms. The van der Waals surface area contributed by atoms with Gasteiger partial charge in [-0.1, -0.05) is 106 Å². The van der Waals surface area contributed by atoms with Crippen LogP contribution in [-0.4, -0.2) is 112 Å². The fourth-order valence-electron chi connectivity index (χ4n) is 7.41. The standard InChI is InChI=1S/C48H72N2O12S/c1-26(2)20-38(61-48(57)49-11)45-50-35(25-63-45)44-31(7)15-13-14-30(6)43(58-12)34(10)37(59-47-42(55)41(54)40(53)39(24-51)60-47)19-17-27(3)21-29(5)22-33(9)36(52)23-28(4)16-18-32(8)46(56)62-44/h13-15,17-19,21-23,25-26,31,33-34,36-44,47,51-55H,16,20,24H2,1-12H3,(H,49,57)/b15-13-,19-17-,27-21-,28-23-,29-22-,30-14-,32-18-/t31-,33-,34-,36+,37+,38-,39+,40+,41-,42+,43+,44-,47+/m0/s1. The zero-order valence-electron chi connectivity index (χ0n) is 38.9. The molecule has 352 valence electrons. The highest BCUT2D eigenvalue weighted by Crippen LogP contribution is 2.35. The predicted octanol–water partition coefficient (Wildman–Crippen LogP) is 6.89. The molecular formula is C48H72N2O12S. The van der Waals surface area contributed by atoms with Crippen molar-refractivity contribution in [1.82, 2.24) is 10.3 Å². The summed E-state index contributed by atoms with van der Waals surface area (Å²) >= 11 is 1.33. The maximum Gasteiger partial charge on any atom is 0.407 e. The maximum atomic E-state index is 13.7. The molecule has 1 saturated heterocycles. The van der Waals surface area contributed by atoms with Crippen LogP contribution in [0.3, 0.4) is 0 Å². The van der Waals surface area contributed by atoms with E-state index in [0.29, 0.717) is 29.1 Å². The van der Waals surface area contributed by atoms with Gasteiger partial charge >= 0.3 is 12.1 Å². The first-order valence-electron chi connectivity index (χ1n) is 21.7. The van der Waals surface area contributed by atoms with Gasteiger partial charge in [-0.25, -0.2) is 14.6 Å². The Hall–Kier alpha value is -3.77. The topological polar surface area (TPSA) is 206 Å². The molecule has 0 aromatic carbocycles. The summed E-state index contributed by atoms with van der Waals surface area (Å²) in [6.45, 7) is 18.6. The van der Waals surface area contributed by atoms with E-state index in [0.717, 1.165) is 22.3 Å². The lowest BCUT2D eigenvalue weighted by molar-refractivity contribution is -0.311. The lowest BCUT2D eigenvalue weighted by Crippen LogP contribution is -2.60. The van der Waals surface area contributed by atoms with Gasteiger partial charge in [0.15, 0.2) is 18.5 Å². The van der Waals surface area contributed by atoms with Crippen LogP contribution in [0.2, 0.25) is 0 Å². The van der Waals surface area contributed by atoms with Crippen molar-refractivity contribution in [1.29, 1.82) is 0 Å². The maximum absolute atomic E-state index is 13.7. The molecule has 1 aromatic heterocycles. The van der Waals surface area contributed by atoms with E-state index >= 15 is 0 Å². The van der Waals surface area contributed by atoms with Crippen molar-refractivity contribution in [2.75, 3.05) is 20.8 Å². The van der Waals surface area contributed by atoms with Gasteiger partial charge in [0.2, 0.25) is 0 Å². The summed E-state index contributed by atoms with van der Waals surface area (Å²) in [7, 11) is 3.07. The minimum absolute atomic E-state index is 0.203. The molecule has 14 nitrogen and oxygen atoms in total. The average Bonchev–Trinajstić information content (AvgIpc) is 3.72. The number of aliphatic hydroxyl groups excluding tert-OH is 5. The van der Waals surface area contributed by atoms with Crippen molar-refractivity contribution >= 4 is 23.4 Å². The van der Waals surface area contributed by atoms with Crippen LogP contribution >= 0.6 is 11.3 Å². The van der Waals surface area contributed by atoms with Crippen LogP contribution in [0.25, 0.3) is 0 Å². The van der Waals surface area contributed by atoms with Gasteiger partial charge in [0, 0.05) is 42.9 Å². The number of alkyl carbamates (subject to hydrolysis) is 1. The Morgan fingerprint density at radius 1 is 0.984 bits per heavy atom. The number of carbonyl (C=O) groups is 2. The highest BCUT2D eigenvalue weighted by atomic mass is 32.1. The number of ether oxygens (including phenoxy) is 5. The smallest absolute Gasteiger partial charge is 0.407 e. The first kappa shape index (κ1) is 53.6. The molecule has 0 unspecified atom stereocenters. The number of esters is 1. The average molecular weight is 901 g/mol. The highest BCUT2D eigenvalue weighted by Gasteiger charge is 2.45. The number of nitrogens with one attached hydrogen (secondary N) is 1. The summed E-state index contributed by atoms with van der Waals surface area (Å²) in [5, 5.41) is 57.7. The molecule has 0 spiro atoms. The van der Waals surface area contributed by atoms with Gasteiger partial charge in [0.1, 0.15) is 29.4 Å². The predicted molar refractivity (Wildman–Crippen MR) is 243 cm³/mol. The number of nitrogens with zero attached hydrogens (tertiary/aromatic N) is 1. The van der Waals surface area contributed by atoms with Gasteiger partial charge in [0.05, 0.1) is 30.6 Å². The van der Waals surface area contributed by atoms with Crippen molar-refractivity contribution in [3.63, 3.8) is 0 Å². The number of aromatic nitrogens is 1. The summed E-state index contributed by atoms with van der Waals surface area (Å²) in [5.41, 5.74) is 4.36. The first-order chi connectivity index (χ1) is 29.7. The van der Waals surface area contributed by atoms with E-state index in [1.807, 2.05) is 110 Å². The van der Waals surface area contributed by atoms with Crippen molar-refractivity contribution in [2.24, 2.45) is 23.7 Å². The highest BCUT2D eigenvalue weighted by molar-refractivity contribution is 7.09. The molecule has 1 aromatic rings. The second-order valence-corrected chi connectivity index (χ2v) is 18.2. The Bertz CT molecular complexity index is 1860. The number of hydrogen-bond donors (Lipinski definition) is 6. The van der Waals surface area contributed by atoms with E-state index < -0.39 is 85.8 Å². The molecule has 2 aliphatic rings. The Kier molecular flexibility index (Phi) is 21.8. The van der Waals surface area contributed by atoms with Crippen LogP contribution in [0.1, 0.15) is 105 Å². The molecule has 1 amide bonds. The van der Waals surface area contributed by atoms with E-state index in [2.05, 4.69) is 5.32 Å². The normalized spacial score (nSPS) is 36.9. The third-order valence-corrected chi connectivity index (χ3v) is 12.1. The molecule has 0 aliphatic carbocycles. The van der Waals surface area contributed by atoms with E-state index in [1.54, 1.807) is 26.2 Å². The number of thiazole rings is 1. The van der Waals surface area contributed by atoms with Gasteiger partial charge in [-0.3, -0.25) is 0 Å². The van der Waals surface area contributed by atoms with Gasteiger partial charge in [-0.2, -0.15) is 0 Å². The van der Waals surface area contributed by atoms with Crippen LogP contribution in [0.15, 0.2) is 87.9 Å². The van der Waals surface area contributed by atoms with Crippen molar-refractivity contribution in [2.45, 2.75) is 143 Å². The Morgan fingerprint density at radius 3 is 2.32 bits per heavy atom. The number of cyclic esters (lactones) is 1. The molecule has 6 N–H and O–H groups in total. The van der Waals surface area contributed by atoms with Crippen LogP contribution in [0.5, 0.6) is 0 Å². The number of allylic oxidation sites excluding steroid dienone is 8. The van der Waals surface area contributed by atoms with Crippen molar-refractivity contribution < 1.29 is 58.8 Å². The summed E-state index contributed by atoms with van der Waals surface area (Å²) in [6.07, 6.45) is 6.38. The number of hydrogen-bond acceptors (Lipinski definition) is 14. The van der Waals surface area contributed by atoms with E-state index in [9.17, 15) is 35.1 Å². The second kappa shape index (κ2) is 25.6. The Morgan fingerprint density at radius 2 is 1.68 bits per heavy atom.